The molecule has 18 heavy (non-hydrogen) atoms. The highest BCUT2D eigenvalue weighted by molar-refractivity contribution is 6.45. The Kier molecular flexibility index (Phi) is 3.95. The minimum atomic E-state index is -0.581. The molecule has 2 nitrogen and oxygen atoms in total. The van der Waals surface area contributed by atoms with Gasteiger partial charge in [0.2, 0.25) is 0 Å². The van der Waals surface area contributed by atoms with E-state index in [9.17, 15) is 4.39 Å². The van der Waals surface area contributed by atoms with Crippen LogP contribution in [0.15, 0.2) is 24.5 Å². The van der Waals surface area contributed by atoms with Crippen LogP contribution in [0.2, 0.25) is 15.1 Å². The molecule has 1 aromatic heterocycles. The Bertz CT molecular complexity index is 604. The van der Waals surface area contributed by atoms with E-state index in [0.717, 1.165) is 6.20 Å². The summed E-state index contributed by atoms with van der Waals surface area (Å²) in [6.07, 6.45) is 2.50. The number of hydrogen-bond acceptors (Lipinski definition) is 2. The van der Waals surface area contributed by atoms with Gasteiger partial charge in [-0.2, -0.15) is 0 Å². The highest BCUT2D eigenvalue weighted by atomic mass is 35.5. The number of hydrogen-bond donors (Lipinski definition) is 0. The molecule has 0 N–H and O–H groups in total. The molecule has 0 aliphatic carbocycles. The number of pyridine rings is 1. The Morgan fingerprint density at radius 1 is 1.11 bits per heavy atom. The number of methoxy groups -OCH3 is 1. The predicted molar refractivity (Wildman–Crippen MR) is 71.2 cm³/mol. The molecule has 2 rings (SSSR count). The molecule has 0 aliphatic heterocycles. The molecule has 0 fully saturated rings. The lowest BCUT2D eigenvalue weighted by Gasteiger charge is -2.11. The van der Waals surface area contributed by atoms with Crippen molar-refractivity contribution >= 4 is 34.8 Å². The molecule has 1 heterocycles. The van der Waals surface area contributed by atoms with E-state index in [0.29, 0.717) is 16.1 Å². The van der Waals surface area contributed by atoms with Crippen LogP contribution in [0.3, 0.4) is 0 Å². The summed E-state index contributed by atoms with van der Waals surface area (Å²) in [6.45, 7) is 0. The zero-order valence-electron chi connectivity index (χ0n) is 9.18. The Labute approximate surface area is 118 Å². The fraction of sp³-hybridized carbons (Fsp3) is 0.0833. The number of benzene rings is 1. The van der Waals surface area contributed by atoms with Crippen molar-refractivity contribution < 1.29 is 9.13 Å². The molecule has 2 aromatic rings. The van der Waals surface area contributed by atoms with Crippen LogP contribution in [0.4, 0.5) is 4.39 Å². The summed E-state index contributed by atoms with van der Waals surface area (Å²) in [5.74, 6) is -0.535. The van der Waals surface area contributed by atoms with Crippen molar-refractivity contribution in [3.63, 3.8) is 0 Å². The van der Waals surface area contributed by atoms with Crippen LogP contribution in [0.25, 0.3) is 11.1 Å². The van der Waals surface area contributed by atoms with Crippen molar-refractivity contribution in [1.82, 2.24) is 4.98 Å². The summed E-state index contributed by atoms with van der Waals surface area (Å²) in [7, 11) is 1.36. The summed E-state index contributed by atoms with van der Waals surface area (Å²) >= 11 is 17.9. The third kappa shape index (κ3) is 2.39. The Hall–Kier alpha value is -1.03. The van der Waals surface area contributed by atoms with Crippen LogP contribution in [0, 0.1) is 5.82 Å². The quantitative estimate of drug-likeness (QED) is 0.739. The lowest BCUT2D eigenvalue weighted by Crippen LogP contribution is -1.94. The second-order valence-electron chi connectivity index (χ2n) is 3.45. The van der Waals surface area contributed by atoms with Crippen molar-refractivity contribution in [3.05, 3.63) is 45.4 Å². The van der Waals surface area contributed by atoms with Gasteiger partial charge in [0.1, 0.15) is 0 Å². The number of halogens is 4. The molecular weight excluding hydrogens is 299 g/mol. The maximum Gasteiger partial charge on any atom is 0.183 e. The Balaban J connectivity index is 2.73. The van der Waals surface area contributed by atoms with E-state index in [1.807, 2.05) is 0 Å². The second kappa shape index (κ2) is 5.31. The minimum absolute atomic E-state index is 0.0465. The molecule has 0 amide bonds. The van der Waals surface area contributed by atoms with Crippen LogP contribution < -0.4 is 4.74 Å². The van der Waals surface area contributed by atoms with Gasteiger partial charge >= 0.3 is 0 Å². The van der Waals surface area contributed by atoms with Crippen LogP contribution in [0.5, 0.6) is 5.75 Å². The Morgan fingerprint density at radius 2 is 1.83 bits per heavy atom. The summed E-state index contributed by atoms with van der Waals surface area (Å²) in [5, 5.41) is 0.947. The molecule has 0 saturated heterocycles. The maximum absolute atomic E-state index is 13.6. The molecule has 0 saturated carbocycles. The van der Waals surface area contributed by atoms with E-state index in [1.54, 1.807) is 6.07 Å². The summed E-state index contributed by atoms with van der Waals surface area (Å²) < 4.78 is 18.6. The van der Waals surface area contributed by atoms with Gasteiger partial charge in [-0.25, -0.2) is 4.39 Å². The lowest BCUT2D eigenvalue weighted by molar-refractivity contribution is 0.387. The molecule has 0 atom stereocenters. The molecule has 6 heteroatoms. The highest BCUT2D eigenvalue weighted by Crippen LogP contribution is 2.40. The zero-order valence-corrected chi connectivity index (χ0v) is 11.4. The van der Waals surface area contributed by atoms with Crippen molar-refractivity contribution in [2.75, 3.05) is 7.11 Å². The largest absolute Gasteiger partial charge is 0.493 e. The minimum Gasteiger partial charge on any atom is -0.493 e. The molecule has 0 unspecified atom stereocenters. The predicted octanol–water partition coefficient (Wildman–Crippen LogP) is 4.86. The summed E-state index contributed by atoms with van der Waals surface area (Å²) in [6, 6.07) is 3.09. The van der Waals surface area contributed by atoms with Crippen LogP contribution in [-0.4, -0.2) is 12.1 Å². The monoisotopic (exact) mass is 305 g/mol. The van der Waals surface area contributed by atoms with Crippen LogP contribution in [0.1, 0.15) is 0 Å². The van der Waals surface area contributed by atoms with Gasteiger partial charge in [-0.15, -0.1) is 0 Å². The first-order valence-electron chi connectivity index (χ1n) is 4.87. The fourth-order valence-electron chi connectivity index (χ4n) is 1.57. The summed E-state index contributed by atoms with van der Waals surface area (Å²) in [4.78, 5) is 3.77. The van der Waals surface area contributed by atoms with Crippen molar-refractivity contribution in [3.8, 4) is 16.9 Å². The van der Waals surface area contributed by atoms with E-state index in [4.69, 9.17) is 39.5 Å². The molecule has 0 bridgehead atoms. The SMILES string of the molecule is COc1c(F)cncc1-c1cc(Cl)cc(Cl)c1Cl. The molecule has 94 valence electrons. The lowest BCUT2D eigenvalue weighted by atomic mass is 10.1. The van der Waals surface area contributed by atoms with Gasteiger partial charge in [0.05, 0.1) is 23.4 Å². The van der Waals surface area contributed by atoms with Gasteiger partial charge in [-0.05, 0) is 12.1 Å². The first-order valence-corrected chi connectivity index (χ1v) is 6.00. The molecular formula is C12H7Cl3FNO. The van der Waals surface area contributed by atoms with Crippen LogP contribution in [-0.2, 0) is 0 Å². The maximum atomic E-state index is 13.6. The molecule has 0 spiro atoms. The first kappa shape index (κ1) is 13.4. The van der Waals surface area contributed by atoms with E-state index < -0.39 is 5.82 Å². The van der Waals surface area contributed by atoms with Gasteiger partial charge in [-0.3, -0.25) is 4.98 Å². The van der Waals surface area contributed by atoms with Crippen molar-refractivity contribution in [2.45, 2.75) is 0 Å². The highest BCUT2D eigenvalue weighted by Gasteiger charge is 2.16. The smallest absolute Gasteiger partial charge is 0.183 e. The van der Waals surface area contributed by atoms with E-state index in [-0.39, 0.29) is 15.8 Å². The average Bonchev–Trinajstić information content (AvgIpc) is 2.33. The van der Waals surface area contributed by atoms with Crippen LogP contribution >= 0.6 is 34.8 Å². The van der Waals surface area contributed by atoms with E-state index >= 15 is 0 Å². The topological polar surface area (TPSA) is 22.1 Å². The number of ether oxygens (including phenoxy) is 1. The molecule has 0 aliphatic rings. The Morgan fingerprint density at radius 3 is 2.50 bits per heavy atom. The normalized spacial score (nSPS) is 10.5. The third-order valence-corrected chi connectivity index (χ3v) is 3.36. The fourth-order valence-corrected chi connectivity index (χ4v) is 2.28. The standard InChI is InChI=1S/C12H7Cl3FNO/c1-18-12-8(4-17-5-10(12)16)7-2-6(13)3-9(14)11(7)15/h2-5H,1H3. The molecule has 1 aromatic carbocycles. The number of nitrogens with zero attached hydrogens (tertiary/aromatic N) is 1. The van der Waals surface area contributed by atoms with Gasteiger partial charge < -0.3 is 4.74 Å². The van der Waals surface area contributed by atoms with E-state index in [1.165, 1.54) is 19.4 Å². The van der Waals surface area contributed by atoms with E-state index in [2.05, 4.69) is 4.98 Å². The summed E-state index contributed by atoms with van der Waals surface area (Å²) in [5.41, 5.74) is 0.866. The number of aromatic nitrogens is 1. The molecule has 0 radical (unpaired) electrons. The second-order valence-corrected chi connectivity index (χ2v) is 4.67. The van der Waals surface area contributed by atoms with Gasteiger partial charge in [0.25, 0.3) is 0 Å². The first-order chi connectivity index (χ1) is 8.54. The van der Waals surface area contributed by atoms with Crippen molar-refractivity contribution in [1.29, 1.82) is 0 Å². The van der Waals surface area contributed by atoms with Crippen molar-refractivity contribution in [2.24, 2.45) is 0 Å². The average molecular weight is 307 g/mol. The number of rotatable bonds is 2. The zero-order chi connectivity index (χ0) is 13.3. The van der Waals surface area contributed by atoms with Gasteiger partial charge in [-0.1, -0.05) is 34.8 Å². The van der Waals surface area contributed by atoms with Gasteiger partial charge in [0.15, 0.2) is 11.6 Å². The van der Waals surface area contributed by atoms with Gasteiger partial charge in [0, 0.05) is 22.3 Å². The third-order valence-electron chi connectivity index (χ3n) is 2.34.